The molecule has 0 aromatic heterocycles. The van der Waals surface area contributed by atoms with E-state index in [1.165, 1.54) is 64.2 Å². The molecular weight excluding hydrogens is 480 g/mol. The van der Waals surface area contributed by atoms with Crippen molar-refractivity contribution < 1.29 is 19.5 Å². The molecule has 0 unspecified atom stereocenters. The molecule has 0 aromatic carbocycles. The van der Waals surface area contributed by atoms with Crippen LogP contribution in [0.5, 0.6) is 0 Å². The van der Waals surface area contributed by atoms with Gasteiger partial charge in [-0.2, -0.15) is 0 Å². The number of aliphatic carboxylic acids is 1. The first-order valence-corrected chi connectivity index (χ1v) is 15.5. The van der Waals surface area contributed by atoms with Gasteiger partial charge in [0.25, 0.3) is 0 Å². The zero-order chi connectivity index (χ0) is 28.4. The number of hydrogen-bond donors (Lipinski definition) is 3. The molecule has 5 N–H and O–H groups in total. The van der Waals surface area contributed by atoms with E-state index in [-0.39, 0.29) is 43.6 Å². The van der Waals surface area contributed by atoms with Gasteiger partial charge in [-0.25, -0.2) is 4.79 Å². The summed E-state index contributed by atoms with van der Waals surface area (Å²) in [7, 11) is 0. The van der Waals surface area contributed by atoms with Gasteiger partial charge < -0.3 is 16.6 Å². The third kappa shape index (κ3) is 19.9. The van der Waals surface area contributed by atoms with Crippen LogP contribution in [0.1, 0.15) is 155 Å². The molecule has 0 saturated heterocycles. The van der Waals surface area contributed by atoms with Gasteiger partial charge in [0.15, 0.2) is 5.96 Å². The van der Waals surface area contributed by atoms with Crippen LogP contribution in [0.2, 0.25) is 0 Å². The standard InChI is InChI=1S/C30H58N4O4/c1-3-5-7-9-11-13-15-17-19-23-27(35)34(26(29(37)38)22-21-25-33-30(31)32)28(36)24-20-18-16-14-12-10-8-6-4-2/h26H,3-25H2,1-2H3,(H,37,38)(H4,31,32,33)/t26-/m0/s1. The van der Waals surface area contributed by atoms with Crippen molar-refractivity contribution in [2.75, 3.05) is 6.54 Å². The predicted octanol–water partition coefficient (Wildman–Crippen LogP) is 6.69. The Bertz CT molecular complexity index is 616. The Kier molecular flexibility index (Phi) is 23.8. The second kappa shape index (κ2) is 25.2. The van der Waals surface area contributed by atoms with Crippen LogP contribution in [0, 0.1) is 0 Å². The van der Waals surface area contributed by atoms with Crippen LogP contribution in [0.25, 0.3) is 0 Å². The first kappa shape index (κ1) is 35.9. The highest BCUT2D eigenvalue weighted by molar-refractivity contribution is 5.99. The highest BCUT2D eigenvalue weighted by atomic mass is 16.4. The van der Waals surface area contributed by atoms with Gasteiger partial charge in [0.1, 0.15) is 6.04 Å². The van der Waals surface area contributed by atoms with E-state index in [0.29, 0.717) is 19.3 Å². The predicted molar refractivity (Wildman–Crippen MR) is 157 cm³/mol. The smallest absolute Gasteiger partial charge is 0.326 e. The van der Waals surface area contributed by atoms with E-state index in [2.05, 4.69) is 18.8 Å². The maximum Gasteiger partial charge on any atom is 0.326 e. The molecule has 0 rings (SSSR count). The Balaban J connectivity index is 4.78. The van der Waals surface area contributed by atoms with Gasteiger partial charge in [0, 0.05) is 19.4 Å². The van der Waals surface area contributed by atoms with Crippen molar-refractivity contribution in [2.45, 2.75) is 161 Å². The molecule has 0 radical (unpaired) electrons. The van der Waals surface area contributed by atoms with Crippen molar-refractivity contribution in [2.24, 2.45) is 16.5 Å². The molecule has 0 aromatic rings. The van der Waals surface area contributed by atoms with Crippen LogP contribution in [0.15, 0.2) is 4.99 Å². The normalized spacial score (nSPS) is 11.7. The molecule has 2 amide bonds. The number of rotatable bonds is 26. The lowest BCUT2D eigenvalue weighted by molar-refractivity contribution is -0.158. The van der Waals surface area contributed by atoms with Crippen LogP contribution >= 0.6 is 0 Å². The average molecular weight is 539 g/mol. The SMILES string of the molecule is CCCCCCCCCCCC(=O)N(C(=O)CCCCCCCCCCC)[C@@H](CCCN=C(N)N)C(=O)O. The molecule has 0 bridgehead atoms. The van der Waals surface area contributed by atoms with Gasteiger partial charge in [-0.05, 0) is 25.7 Å². The molecule has 0 spiro atoms. The number of imide groups is 1. The van der Waals surface area contributed by atoms with E-state index in [4.69, 9.17) is 11.5 Å². The zero-order valence-electron chi connectivity index (χ0n) is 24.6. The summed E-state index contributed by atoms with van der Waals surface area (Å²) in [5.41, 5.74) is 10.7. The summed E-state index contributed by atoms with van der Waals surface area (Å²) < 4.78 is 0. The highest BCUT2D eigenvalue weighted by Gasteiger charge is 2.33. The average Bonchev–Trinajstić information content (AvgIpc) is 2.88. The number of carboxylic acids is 1. The molecule has 0 aliphatic heterocycles. The van der Waals surface area contributed by atoms with Crippen molar-refractivity contribution in [1.82, 2.24) is 4.90 Å². The first-order valence-electron chi connectivity index (χ1n) is 15.5. The van der Waals surface area contributed by atoms with Gasteiger partial charge in [-0.15, -0.1) is 0 Å². The summed E-state index contributed by atoms with van der Waals surface area (Å²) in [5, 5.41) is 9.88. The van der Waals surface area contributed by atoms with Crippen molar-refractivity contribution in [1.29, 1.82) is 0 Å². The fourth-order valence-electron chi connectivity index (χ4n) is 4.76. The Hall–Kier alpha value is -2.12. The number of nitrogens with two attached hydrogens (primary N) is 2. The zero-order valence-corrected chi connectivity index (χ0v) is 24.6. The number of unbranched alkanes of at least 4 members (excludes halogenated alkanes) is 16. The quantitative estimate of drug-likeness (QED) is 0.0637. The maximum absolute atomic E-state index is 13.1. The number of nitrogens with zero attached hydrogens (tertiary/aromatic N) is 2. The van der Waals surface area contributed by atoms with Crippen LogP contribution in [0.4, 0.5) is 0 Å². The minimum atomic E-state index is -1.18. The summed E-state index contributed by atoms with van der Waals surface area (Å²) in [6.07, 6.45) is 21.1. The van der Waals surface area contributed by atoms with Crippen molar-refractivity contribution >= 4 is 23.7 Å². The summed E-state index contributed by atoms with van der Waals surface area (Å²) in [6, 6.07) is -1.18. The summed E-state index contributed by atoms with van der Waals surface area (Å²) in [4.78, 5) is 43.3. The molecule has 8 nitrogen and oxygen atoms in total. The fraction of sp³-hybridized carbons (Fsp3) is 0.867. The van der Waals surface area contributed by atoms with Gasteiger partial charge >= 0.3 is 5.97 Å². The molecule has 0 fully saturated rings. The van der Waals surface area contributed by atoms with Gasteiger partial charge in [-0.3, -0.25) is 19.5 Å². The Morgan fingerprint density at radius 1 is 0.632 bits per heavy atom. The van der Waals surface area contributed by atoms with Crippen molar-refractivity contribution in [3.63, 3.8) is 0 Å². The molecule has 0 heterocycles. The number of hydrogen-bond acceptors (Lipinski definition) is 4. The third-order valence-corrected chi connectivity index (χ3v) is 7.05. The number of amides is 2. The minimum Gasteiger partial charge on any atom is -0.480 e. The van der Waals surface area contributed by atoms with Crippen molar-refractivity contribution in [3.05, 3.63) is 0 Å². The number of aliphatic imine (C=N–C) groups is 1. The fourth-order valence-corrected chi connectivity index (χ4v) is 4.76. The second-order valence-corrected chi connectivity index (χ2v) is 10.6. The molecule has 0 saturated carbocycles. The van der Waals surface area contributed by atoms with Crippen LogP contribution in [0.3, 0.4) is 0 Å². The van der Waals surface area contributed by atoms with Crippen LogP contribution < -0.4 is 11.5 Å². The molecule has 8 heteroatoms. The van der Waals surface area contributed by atoms with Crippen molar-refractivity contribution in [3.8, 4) is 0 Å². The molecule has 0 aliphatic rings. The molecule has 0 aliphatic carbocycles. The third-order valence-electron chi connectivity index (χ3n) is 7.05. The topological polar surface area (TPSA) is 139 Å². The Morgan fingerprint density at radius 2 is 1.00 bits per heavy atom. The molecule has 222 valence electrons. The van der Waals surface area contributed by atoms with E-state index < -0.39 is 12.0 Å². The number of carbonyl (C=O) groups is 3. The lowest BCUT2D eigenvalue weighted by Crippen LogP contribution is -2.48. The van der Waals surface area contributed by atoms with Gasteiger partial charge in [0.05, 0.1) is 0 Å². The van der Waals surface area contributed by atoms with Crippen LogP contribution in [-0.4, -0.2) is 46.3 Å². The Morgan fingerprint density at radius 3 is 1.34 bits per heavy atom. The summed E-state index contributed by atoms with van der Waals surface area (Å²) >= 11 is 0. The molecule has 1 atom stereocenters. The van der Waals surface area contributed by atoms with Crippen LogP contribution in [-0.2, 0) is 14.4 Å². The highest BCUT2D eigenvalue weighted by Crippen LogP contribution is 2.18. The van der Waals surface area contributed by atoms with E-state index in [1.807, 2.05) is 0 Å². The second-order valence-electron chi connectivity index (χ2n) is 10.6. The van der Waals surface area contributed by atoms with E-state index in [1.54, 1.807) is 0 Å². The molecule has 38 heavy (non-hydrogen) atoms. The number of guanidine groups is 1. The lowest BCUT2D eigenvalue weighted by Gasteiger charge is -2.27. The number of carbonyl (C=O) groups excluding carboxylic acids is 2. The maximum atomic E-state index is 13.1. The Labute approximate surface area is 232 Å². The largest absolute Gasteiger partial charge is 0.480 e. The molecular formula is C30H58N4O4. The minimum absolute atomic E-state index is 0.0587. The monoisotopic (exact) mass is 538 g/mol. The van der Waals surface area contributed by atoms with E-state index in [9.17, 15) is 19.5 Å². The number of carboxylic acid groups (broad SMARTS) is 1. The van der Waals surface area contributed by atoms with Gasteiger partial charge in [0.2, 0.25) is 11.8 Å². The van der Waals surface area contributed by atoms with Gasteiger partial charge in [-0.1, -0.05) is 117 Å². The summed E-state index contributed by atoms with van der Waals surface area (Å²) in [6.45, 7) is 4.68. The first-order chi connectivity index (χ1) is 18.3. The lowest BCUT2D eigenvalue weighted by atomic mass is 10.0. The van der Waals surface area contributed by atoms with E-state index >= 15 is 0 Å². The summed E-state index contributed by atoms with van der Waals surface area (Å²) in [5.74, 6) is -1.96. The van der Waals surface area contributed by atoms with E-state index in [0.717, 1.165) is 43.4 Å².